The number of aromatic nitrogens is 2. The van der Waals surface area contributed by atoms with Crippen molar-refractivity contribution in [1.82, 2.24) is 10.2 Å². The van der Waals surface area contributed by atoms with E-state index in [4.69, 9.17) is 0 Å². The van der Waals surface area contributed by atoms with Crippen LogP contribution in [0.5, 0.6) is 0 Å². The number of carbonyl (C=O) groups is 1. The highest BCUT2D eigenvalue weighted by atomic mass is 32.1. The van der Waals surface area contributed by atoms with E-state index in [2.05, 4.69) is 52.5 Å². The first-order valence-electron chi connectivity index (χ1n) is 8.00. The number of nitrogens with zero attached hydrogens (tertiary/aromatic N) is 3. The third-order valence-electron chi connectivity index (χ3n) is 4.09. The van der Waals surface area contributed by atoms with Crippen molar-refractivity contribution in [2.45, 2.75) is 39.5 Å². The molecule has 1 N–H and O–H groups in total. The molecule has 122 valence electrons. The van der Waals surface area contributed by atoms with Crippen LogP contribution in [-0.2, 0) is 11.2 Å². The third kappa shape index (κ3) is 3.69. The monoisotopic (exact) mass is 330 g/mol. The molecule has 0 spiro atoms. The number of amides is 1. The minimum absolute atomic E-state index is 0.0399. The molecule has 1 aromatic heterocycles. The molecule has 5 nitrogen and oxygen atoms in total. The van der Waals surface area contributed by atoms with Crippen LogP contribution in [0.3, 0.4) is 0 Å². The van der Waals surface area contributed by atoms with E-state index in [0.29, 0.717) is 17.6 Å². The van der Waals surface area contributed by atoms with E-state index in [9.17, 15) is 4.79 Å². The molecule has 6 heteroatoms. The molecule has 0 saturated carbocycles. The number of aryl methyl sites for hydroxylation is 2. The molecule has 0 saturated heterocycles. The highest BCUT2D eigenvalue weighted by Gasteiger charge is 2.20. The van der Waals surface area contributed by atoms with Crippen molar-refractivity contribution >= 4 is 28.1 Å². The second-order valence-corrected chi connectivity index (χ2v) is 7.42. The number of anilines is 2. The van der Waals surface area contributed by atoms with Gasteiger partial charge >= 0.3 is 0 Å². The summed E-state index contributed by atoms with van der Waals surface area (Å²) in [5.74, 6) is 0.488. The van der Waals surface area contributed by atoms with Gasteiger partial charge in [-0.2, -0.15) is 0 Å². The second kappa shape index (κ2) is 6.66. The number of benzene rings is 1. The Morgan fingerprint density at radius 3 is 2.91 bits per heavy atom. The van der Waals surface area contributed by atoms with Crippen LogP contribution in [0.4, 0.5) is 10.8 Å². The Morgan fingerprint density at radius 2 is 2.22 bits per heavy atom. The summed E-state index contributed by atoms with van der Waals surface area (Å²) in [6.45, 7) is 7.56. The van der Waals surface area contributed by atoms with Crippen LogP contribution in [0.1, 0.15) is 42.3 Å². The minimum Gasteiger partial charge on any atom is -0.362 e. The first kappa shape index (κ1) is 15.9. The fourth-order valence-electron chi connectivity index (χ4n) is 2.90. The maximum absolute atomic E-state index is 12.3. The van der Waals surface area contributed by atoms with Crippen molar-refractivity contribution in [2.75, 3.05) is 23.3 Å². The van der Waals surface area contributed by atoms with Crippen molar-refractivity contribution in [1.29, 1.82) is 0 Å². The molecule has 0 radical (unpaired) electrons. The molecule has 2 heterocycles. The molecular formula is C17H22N4OS. The number of hydrogen-bond acceptors (Lipinski definition) is 5. The zero-order valence-electron chi connectivity index (χ0n) is 13.8. The van der Waals surface area contributed by atoms with Crippen molar-refractivity contribution in [3.63, 3.8) is 0 Å². The van der Waals surface area contributed by atoms with Crippen LogP contribution in [0.25, 0.3) is 0 Å². The third-order valence-corrected chi connectivity index (χ3v) is 4.85. The van der Waals surface area contributed by atoms with Crippen LogP contribution < -0.4 is 10.2 Å². The number of rotatable bonds is 4. The molecule has 3 rings (SSSR count). The first-order chi connectivity index (χ1) is 11.0. The Balaban J connectivity index is 1.71. The zero-order chi connectivity index (χ0) is 16.4. The van der Waals surface area contributed by atoms with Gasteiger partial charge in [-0.05, 0) is 42.9 Å². The largest absolute Gasteiger partial charge is 0.362 e. The first-order valence-corrected chi connectivity index (χ1v) is 8.82. The van der Waals surface area contributed by atoms with E-state index in [1.807, 2.05) is 6.92 Å². The molecule has 2 aromatic rings. The van der Waals surface area contributed by atoms with Gasteiger partial charge < -0.3 is 4.90 Å². The fraction of sp³-hybridized carbons (Fsp3) is 0.471. The Kier molecular flexibility index (Phi) is 4.61. The predicted octanol–water partition coefficient (Wildman–Crippen LogP) is 3.36. The Morgan fingerprint density at radius 1 is 1.39 bits per heavy atom. The smallest absolute Gasteiger partial charge is 0.245 e. The van der Waals surface area contributed by atoms with Crippen LogP contribution in [0.2, 0.25) is 0 Å². The van der Waals surface area contributed by atoms with Gasteiger partial charge in [0, 0.05) is 12.2 Å². The fourth-order valence-corrected chi connectivity index (χ4v) is 3.51. The van der Waals surface area contributed by atoms with Gasteiger partial charge in [0.25, 0.3) is 0 Å². The molecule has 1 aliphatic heterocycles. The zero-order valence-corrected chi connectivity index (χ0v) is 14.6. The topological polar surface area (TPSA) is 58.1 Å². The summed E-state index contributed by atoms with van der Waals surface area (Å²) in [6.07, 6.45) is 2.17. The summed E-state index contributed by atoms with van der Waals surface area (Å²) in [7, 11) is 0. The van der Waals surface area contributed by atoms with E-state index in [-0.39, 0.29) is 5.91 Å². The predicted molar refractivity (Wildman–Crippen MR) is 94.3 cm³/mol. The summed E-state index contributed by atoms with van der Waals surface area (Å²) < 4.78 is 0. The van der Waals surface area contributed by atoms with E-state index in [1.165, 1.54) is 28.2 Å². The van der Waals surface area contributed by atoms with Crippen molar-refractivity contribution in [3.05, 3.63) is 34.3 Å². The Labute approximate surface area is 140 Å². The molecule has 0 atom stereocenters. The van der Waals surface area contributed by atoms with Gasteiger partial charge in [-0.25, -0.2) is 0 Å². The number of fused-ring (bicyclic) bond motifs is 1. The Bertz CT molecular complexity index is 710. The summed E-state index contributed by atoms with van der Waals surface area (Å²) in [4.78, 5) is 14.4. The lowest BCUT2D eigenvalue weighted by Gasteiger charge is -2.31. The lowest BCUT2D eigenvalue weighted by atomic mass is 9.95. The van der Waals surface area contributed by atoms with Crippen LogP contribution >= 0.6 is 11.3 Å². The molecule has 0 bridgehead atoms. The molecule has 1 amide bonds. The van der Waals surface area contributed by atoms with Gasteiger partial charge in [0.05, 0.1) is 6.54 Å². The molecular weight excluding hydrogens is 308 g/mol. The van der Waals surface area contributed by atoms with Crippen molar-refractivity contribution < 1.29 is 4.79 Å². The van der Waals surface area contributed by atoms with Crippen molar-refractivity contribution in [2.24, 2.45) is 0 Å². The molecule has 0 unspecified atom stereocenters. The van der Waals surface area contributed by atoms with Gasteiger partial charge in [-0.1, -0.05) is 37.3 Å². The standard InChI is InChI=1S/C17H22N4OS/c1-11(2)13-6-7-15-14(9-13)5-4-8-21(15)10-16(22)18-17-20-19-12(3)23-17/h6-7,9,11H,4-5,8,10H2,1-3H3,(H,18,20,22). The molecule has 23 heavy (non-hydrogen) atoms. The Hall–Kier alpha value is -1.95. The summed E-state index contributed by atoms with van der Waals surface area (Å²) in [5.41, 5.74) is 3.89. The lowest BCUT2D eigenvalue weighted by Crippen LogP contribution is -2.36. The lowest BCUT2D eigenvalue weighted by molar-refractivity contribution is -0.115. The van der Waals surface area contributed by atoms with Crippen molar-refractivity contribution in [3.8, 4) is 0 Å². The SMILES string of the molecule is Cc1nnc(NC(=O)CN2CCCc3cc(C(C)C)ccc32)s1. The van der Waals surface area contributed by atoms with Gasteiger partial charge in [0.1, 0.15) is 5.01 Å². The van der Waals surface area contributed by atoms with Gasteiger partial charge in [-0.15, -0.1) is 10.2 Å². The van der Waals surface area contributed by atoms with Crippen LogP contribution in [0.15, 0.2) is 18.2 Å². The van der Waals surface area contributed by atoms with E-state index in [1.54, 1.807) is 0 Å². The maximum Gasteiger partial charge on any atom is 0.245 e. The van der Waals surface area contributed by atoms with Gasteiger partial charge in [0.2, 0.25) is 11.0 Å². The van der Waals surface area contributed by atoms with Crippen LogP contribution in [-0.4, -0.2) is 29.2 Å². The van der Waals surface area contributed by atoms with E-state index >= 15 is 0 Å². The second-order valence-electron chi connectivity index (χ2n) is 6.24. The maximum atomic E-state index is 12.3. The average Bonchev–Trinajstić information content (AvgIpc) is 2.92. The van der Waals surface area contributed by atoms with Crippen LogP contribution in [0, 0.1) is 6.92 Å². The quantitative estimate of drug-likeness (QED) is 0.934. The summed E-state index contributed by atoms with van der Waals surface area (Å²) in [6, 6.07) is 6.62. The average molecular weight is 330 g/mol. The highest BCUT2D eigenvalue weighted by molar-refractivity contribution is 7.15. The van der Waals surface area contributed by atoms with E-state index in [0.717, 1.165) is 24.4 Å². The van der Waals surface area contributed by atoms with Gasteiger partial charge in [-0.3, -0.25) is 10.1 Å². The number of carbonyl (C=O) groups excluding carboxylic acids is 1. The van der Waals surface area contributed by atoms with Gasteiger partial charge in [0.15, 0.2) is 0 Å². The molecule has 0 fully saturated rings. The summed E-state index contributed by atoms with van der Waals surface area (Å²) >= 11 is 1.40. The molecule has 1 aliphatic rings. The highest BCUT2D eigenvalue weighted by Crippen LogP contribution is 2.30. The summed E-state index contributed by atoms with van der Waals surface area (Å²) in [5, 5.41) is 12.1. The molecule has 1 aromatic carbocycles. The molecule has 0 aliphatic carbocycles. The van der Waals surface area contributed by atoms with E-state index < -0.39 is 0 Å². The number of hydrogen-bond donors (Lipinski definition) is 1. The number of nitrogens with one attached hydrogen (secondary N) is 1. The minimum atomic E-state index is -0.0399. The normalized spacial score (nSPS) is 14.0.